The summed E-state index contributed by atoms with van der Waals surface area (Å²) >= 11 is 0. The summed E-state index contributed by atoms with van der Waals surface area (Å²) in [5, 5.41) is 0. The van der Waals surface area contributed by atoms with Gasteiger partial charge in [-0.1, -0.05) is 184 Å². The smallest absolute Gasteiger partial charge is 0.0569 e. The van der Waals surface area contributed by atoms with Gasteiger partial charge in [-0.15, -0.1) is 0 Å². The van der Waals surface area contributed by atoms with E-state index in [1.165, 1.54) is 78.0 Å². The molecule has 1 aliphatic rings. The highest BCUT2D eigenvalue weighted by Crippen LogP contribution is 2.51. The third-order valence-corrected chi connectivity index (χ3v) is 11.0. The standard InChI is InChI=1S/C52H41N/c1-36-15-14-23-46(41-27-25-38(26-28-41)37-16-6-4-7-17-37)51(36)53(43-33-34-48-47-22-12-13-24-49(47)52(2,3)50(48)35-43)42-31-29-40(30-32-42)45-21-11-10-20-44(45)39-18-8-5-9-19-39/h4-35H,1-3H3. The van der Waals surface area contributed by atoms with Crippen LogP contribution in [0.15, 0.2) is 194 Å². The maximum Gasteiger partial charge on any atom is 0.0569 e. The monoisotopic (exact) mass is 679 g/mol. The number of para-hydroxylation sites is 1. The Bertz CT molecular complexity index is 2560. The normalized spacial score (nSPS) is 12.6. The van der Waals surface area contributed by atoms with Crippen molar-refractivity contribution in [3.05, 3.63) is 211 Å². The highest BCUT2D eigenvalue weighted by atomic mass is 15.1. The third kappa shape index (κ3) is 5.76. The number of anilines is 3. The second-order valence-electron chi connectivity index (χ2n) is 14.6. The van der Waals surface area contributed by atoms with Crippen molar-refractivity contribution in [1.29, 1.82) is 0 Å². The van der Waals surface area contributed by atoms with E-state index in [1.54, 1.807) is 0 Å². The van der Waals surface area contributed by atoms with Crippen LogP contribution in [0.1, 0.15) is 30.5 Å². The quantitative estimate of drug-likeness (QED) is 0.162. The molecule has 0 atom stereocenters. The molecule has 0 heterocycles. The predicted molar refractivity (Wildman–Crippen MR) is 225 cm³/mol. The van der Waals surface area contributed by atoms with Crippen molar-refractivity contribution in [2.24, 2.45) is 0 Å². The van der Waals surface area contributed by atoms with Gasteiger partial charge in [0.05, 0.1) is 5.69 Å². The van der Waals surface area contributed by atoms with Crippen LogP contribution in [0.3, 0.4) is 0 Å². The van der Waals surface area contributed by atoms with Crippen LogP contribution in [0.2, 0.25) is 0 Å². The van der Waals surface area contributed by atoms with Crippen molar-refractivity contribution in [2.75, 3.05) is 4.90 Å². The largest absolute Gasteiger partial charge is 0.310 e. The van der Waals surface area contributed by atoms with Gasteiger partial charge in [0.15, 0.2) is 0 Å². The van der Waals surface area contributed by atoms with Crippen molar-refractivity contribution in [3.63, 3.8) is 0 Å². The van der Waals surface area contributed by atoms with Gasteiger partial charge in [-0.3, -0.25) is 0 Å². The van der Waals surface area contributed by atoms with E-state index in [9.17, 15) is 0 Å². The van der Waals surface area contributed by atoms with Crippen LogP contribution in [0.4, 0.5) is 17.1 Å². The summed E-state index contributed by atoms with van der Waals surface area (Å²) in [5.74, 6) is 0. The molecule has 0 amide bonds. The van der Waals surface area contributed by atoms with Crippen molar-refractivity contribution in [3.8, 4) is 55.6 Å². The van der Waals surface area contributed by atoms with Crippen LogP contribution in [0, 0.1) is 6.92 Å². The Kier molecular flexibility index (Phi) is 8.13. The van der Waals surface area contributed by atoms with E-state index < -0.39 is 0 Å². The van der Waals surface area contributed by atoms with Crippen LogP contribution >= 0.6 is 0 Å². The molecule has 0 aliphatic heterocycles. The van der Waals surface area contributed by atoms with E-state index >= 15 is 0 Å². The Balaban J connectivity index is 1.20. The molecule has 0 spiro atoms. The molecule has 8 aromatic rings. The minimum atomic E-state index is -0.111. The SMILES string of the molecule is Cc1cccc(-c2ccc(-c3ccccc3)cc2)c1N(c1ccc(-c2ccccc2-c2ccccc2)cc1)c1ccc2c(c1)C(C)(C)c1ccccc1-2. The summed E-state index contributed by atoms with van der Waals surface area (Å²) in [6.45, 7) is 6.96. The lowest BCUT2D eigenvalue weighted by Gasteiger charge is -2.31. The van der Waals surface area contributed by atoms with Crippen molar-refractivity contribution in [2.45, 2.75) is 26.2 Å². The lowest BCUT2D eigenvalue weighted by Crippen LogP contribution is -2.17. The van der Waals surface area contributed by atoms with Gasteiger partial charge in [-0.05, 0) is 98.0 Å². The van der Waals surface area contributed by atoms with Gasteiger partial charge in [0, 0.05) is 22.4 Å². The predicted octanol–water partition coefficient (Wildman–Crippen LogP) is 14.4. The lowest BCUT2D eigenvalue weighted by atomic mass is 9.82. The molecule has 53 heavy (non-hydrogen) atoms. The number of aryl methyl sites for hydroxylation is 1. The molecular weight excluding hydrogens is 639 g/mol. The van der Waals surface area contributed by atoms with Crippen molar-refractivity contribution < 1.29 is 0 Å². The zero-order valence-electron chi connectivity index (χ0n) is 30.4. The van der Waals surface area contributed by atoms with E-state index in [1.807, 2.05) is 0 Å². The first kappa shape index (κ1) is 32.5. The van der Waals surface area contributed by atoms with Gasteiger partial charge >= 0.3 is 0 Å². The highest BCUT2D eigenvalue weighted by molar-refractivity contribution is 5.93. The van der Waals surface area contributed by atoms with Crippen molar-refractivity contribution >= 4 is 17.1 Å². The third-order valence-electron chi connectivity index (χ3n) is 11.0. The number of fused-ring (bicyclic) bond motifs is 3. The fourth-order valence-electron chi connectivity index (χ4n) is 8.29. The Labute approximate surface area is 313 Å². The zero-order chi connectivity index (χ0) is 35.9. The Morgan fingerprint density at radius 3 is 1.47 bits per heavy atom. The molecule has 1 aliphatic carbocycles. The fourth-order valence-corrected chi connectivity index (χ4v) is 8.29. The van der Waals surface area contributed by atoms with E-state index in [0.29, 0.717) is 0 Å². The summed E-state index contributed by atoms with van der Waals surface area (Å²) in [6.07, 6.45) is 0. The topological polar surface area (TPSA) is 3.24 Å². The van der Waals surface area contributed by atoms with Crippen LogP contribution < -0.4 is 4.90 Å². The zero-order valence-corrected chi connectivity index (χ0v) is 30.4. The molecule has 254 valence electrons. The lowest BCUT2D eigenvalue weighted by molar-refractivity contribution is 0.660. The van der Waals surface area contributed by atoms with Crippen LogP contribution in [0.25, 0.3) is 55.6 Å². The summed E-state index contributed by atoms with van der Waals surface area (Å²) in [6, 6.07) is 70.8. The number of hydrogen-bond donors (Lipinski definition) is 0. The van der Waals surface area contributed by atoms with Gasteiger partial charge in [0.2, 0.25) is 0 Å². The first-order valence-electron chi connectivity index (χ1n) is 18.5. The maximum absolute atomic E-state index is 2.47. The summed E-state index contributed by atoms with van der Waals surface area (Å²) in [5.41, 5.74) is 19.7. The highest BCUT2D eigenvalue weighted by Gasteiger charge is 2.36. The van der Waals surface area contributed by atoms with Gasteiger partial charge in [-0.25, -0.2) is 0 Å². The second-order valence-corrected chi connectivity index (χ2v) is 14.6. The minimum Gasteiger partial charge on any atom is -0.310 e. The van der Waals surface area contributed by atoms with Crippen molar-refractivity contribution in [1.82, 2.24) is 0 Å². The van der Waals surface area contributed by atoms with E-state index in [2.05, 4.69) is 220 Å². The number of nitrogens with zero attached hydrogens (tertiary/aromatic N) is 1. The van der Waals surface area contributed by atoms with E-state index in [4.69, 9.17) is 0 Å². The van der Waals surface area contributed by atoms with Gasteiger partial charge in [0.1, 0.15) is 0 Å². The van der Waals surface area contributed by atoms with Gasteiger partial charge in [-0.2, -0.15) is 0 Å². The first-order valence-corrected chi connectivity index (χ1v) is 18.5. The van der Waals surface area contributed by atoms with E-state index in [-0.39, 0.29) is 5.41 Å². The average Bonchev–Trinajstić information content (AvgIpc) is 3.45. The number of rotatable bonds is 7. The van der Waals surface area contributed by atoms with Crippen LogP contribution in [-0.2, 0) is 5.41 Å². The molecule has 0 fully saturated rings. The molecule has 0 aromatic heterocycles. The fraction of sp³-hybridized carbons (Fsp3) is 0.0769. The second kappa shape index (κ2) is 13.3. The molecule has 9 rings (SSSR count). The maximum atomic E-state index is 2.47. The molecule has 0 N–H and O–H groups in total. The van der Waals surface area contributed by atoms with E-state index in [0.717, 1.165) is 11.4 Å². The molecule has 8 aromatic carbocycles. The molecule has 0 saturated carbocycles. The van der Waals surface area contributed by atoms with Gasteiger partial charge < -0.3 is 4.90 Å². The minimum absolute atomic E-state index is 0.111. The number of hydrogen-bond acceptors (Lipinski definition) is 1. The Morgan fingerprint density at radius 1 is 0.340 bits per heavy atom. The van der Waals surface area contributed by atoms with Gasteiger partial charge in [0.25, 0.3) is 0 Å². The molecule has 0 bridgehead atoms. The molecule has 0 saturated heterocycles. The molecule has 0 unspecified atom stereocenters. The first-order chi connectivity index (χ1) is 26.0. The molecule has 1 nitrogen and oxygen atoms in total. The summed E-state index contributed by atoms with van der Waals surface area (Å²) in [7, 11) is 0. The Morgan fingerprint density at radius 2 is 0.792 bits per heavy atom. The summed E-state index contributed by atoms with van der Waals surface area (Å²) < 4.78 is 0. The summed E-state index contributed by atoms with van der Waals surface area (Å²) in [4.78, 5) is 2.47. The molecule has 1 heteroatoms. The van der Waals surface area contributed by atoms with Crippen LogP contribution in [0.5, 0.6) is 0 Å². The van der Waals surface area contributed by atoms with Crippen LogP contribution in [-0.4, -0.2) is 0 Å². The Hall–Kier alpha value is -6.44. The average molecular weight is 680 g/mol. The molecular formula is C52H41N. The molecule has 0 radical (unpaired) electrons. The number of benzene rings is 8.